The molecule has 2 amide bonds. The second kappa shape index (κ2) is 9.09. The largest absolute Gasteiger partial charge is 0.482 e. The van der Waals surface area contributed by atoms with Crippen LogP contribution in [0.4, 0.5) is 13.2 Å². The van der Waals surface area contributed by atoms with Crippen molar-refractivity contribution < 1.29 is 27.5 Å². The Labute approximate surface area is 157 Å². The lowest BCUT2D eigenvalue weighted by atomic mass is 10.1. The number of hydrogen-bond donors (Lipinski definition) is 2. The fourth-order valence-corrected chi connectivity index (χ4v) is 2.10. The zero-order valence-electron chi connectivity index (χ0n) is 13.7. The van der Waals surface area contributed by atoms with Crippen molar-refractivity contribution in [2.45, 2.75) is 6.18 Å². The fourth-order valence-electron chi connectivity index (χ4n) is 1.90. The molecule has 0 atom stereocenters. The van der Waals surface area contributed by atoms with Crippen LogP contribution >= 0.6 is 11.6 Å². The molecule has 142 valence electrons. The predicted octanol–water partition coefficient (Wildman–Crippen LogP) is 3.60. The molecule has 0 saturated carbocycles. The molecule has 0 aromatic heterocycles. The molecule has 0 saturated heterocycles. The quantitative estimate of drug-likeness (QED) is 0.597. The number of rotatable bonds is 5. The van der Waals surface area contributed by atoms with Crippen LogP contribution < -0.4 is 15.6 Å². The summed E-state index contributed by atoms with van der Waals surface area (Å²) in [6.07, 6.45) is -2.29. The summed E-state index contributed by atoms with van der Waals surface area (Å²) in [7, 11) is 0. The molecule has 0 aliphatic rings. The Hall–Kier alpha value is -3.00. The molecule has 0 bridgehead atoms. The highest BCUT2D eigenvalue weighted by molar-refractivity contribution is 6.32. The molecule has 0 fully saturated rings. The molecule has 2 aromatic carbocycles. The first-order valence-electron chi connectivity index (χ1n) is 7.57. The number of halogens is 4. The third kappa shape index (κ3) is 6.67. The van der Waals surface area contributed by atoms with E-state index in [0.717, 1.165) is 18.2 Å². The van der Waals surface area contributed by atoms with E-state index in [-0.39, 0.29) is 12.2 Å². The standard InChI is InChI=1S/C18H14ClF3N2O3/c19-14-6-1-2-7-15(14)27-11-17(26)24-23-16(25)9-8-12-4-3-5-13(10-12)18(20,21)22/h1-10H,11H2,(H,23,25)(H,24,26)/b9-8+. The average molecular weight is 399 g/mol. The topological polar surface area (TPSA) is 67.4 Å². The van der Waals surface area contributed by atoms with Crippen LogP contribution in [0.5, 0.6) is 5.75 Å². The molecule has 0 radical (unpaired) electrons. The molecule has 2 aromatic rings. The second-order valence-corrected chi connectivity index (χ2v) is 5.62. The Kier molecular flexibility index (Phi) is 6.84. The normalized spacial score (nSPS) is 11.3. The molecule has 5 nitrogen and oxygen atoms in total. The highest BCUT2D eigenvalue weighted by Gasteiger charge is 2.30. The first-order valence-corrected chi connectivity index (χ1v) is 7.95. The van der Waals surface area contributed by atoms with Crippen molar-refractivity contribution in [2.24, 2.45) is 0 Å². The van der Waals surface area contributed by atoms with Crippen LogP contribution in [0, 0.1) is 0 Å². The van der Waals surface area contributed by atoms with E-state index in [0.29, 0.717) is 10.8 Å². The molecule has 27 heavy (non-hydrogen) atoms. The number of nitrogens with one attached hydrogen (secondary N) is 2. The number of benzene rings is 2. The Bertz CT molecular complexity index is 854. The first kappa shape index (κ1) is 20.3. The molecule has 0 heterocycles. The van der Waals surface area contributed by atoms with Crippen LogP contribution in [-0.2, 0) is 15.8 Å². The maximum atomic E-state index is 12.6. The Morgan fingerprint density at radius 3 is 2.52 bits per heavy atom. The van der Waals surface area contributed by atoms with Crippen LogP contribution in [0.25, 0.3) is 6.08 Å². The van der Waals surface area contributed by atoms with Crippen molar-refractivity contribution >= 4 is 29.5 Å². The summed E-state index contributed by atoms with van der Waals surface area (Å²) in [5.74, 6) is -1.06. The first-order chi connectivity index (χ1) is 12.8. The van der Waals surface area contributed by atoms with Crippen molar-refractivity contribution in [1.82, 2.24) is 10.9 Å². The van der Waals surface area contributed by atoms with E-state index in [1.165, 1.54) is 18.2 Å². The minimum absolute atomic E-state index is 0.188. The van der Waals surface area contributed by atoms with Crippen LogP contribution in [0.2, 0.25) is 5.02 Å². The van der Waals surface area contributed by atoms with Gasteiger partial charge in [-0.3, -0.25) is 20.4 Å². The molecular formula is C18H14ClF3N2O3. The molecule has 0 aliphatic carbocycles. The van der Waals surface area contributed by atoms with Gasteiger partial charge in [-0.05, 0) is 35.9 Å². The minimum atomic E-state index is -4.47. The second-order valence-electron chi connectivity index (χ2n) is 5.21. The summed E-state index contributed by atoms with van der Waals surface area (Å²) in [5.41, 5.74) is 3.56. The molecule has 0 spiro atoms. The highest BCUT2D eigenvalue weighted by Crippen LogP contribution is 2.29. The molecule has 2 N–H and O–H groups in total. The lowest BCUT2D eigenvalue weighted by Crippen LogP contribution is -2.43. The van der Waals surface area contributed by atoms with E-state index in [4.69, 9.17) is 16.3 Å². The SMILES string of the molecule is O=C(/C=C/c1cccc(C(F)(F)F)c1)NNC(=O)COc1ccccc1Cl. The maximum absolute atomic E-state index is 12.6. The molecule has 0 unspecified atom stereocenters. The zero-order valence-corrected chi connectivity index (χ0v) is 14.5. The highest BCUT2D eigenvalue weighted by atomic mass is 35.5. The summed E-state index contributed by atoms with van der Waals surface area (Å²) in [5, 5.41) is 0.332. The number of ether oxygens (including phenoxy) is 1. The number of amides is 2. The van der Waals surface area contributed by atoms with Gasteiger partial charge in [-0.25, -0.2) is 0 Å². The van der Waals surface area contributed by atoms with Crippen LogP contribution in [-0.4, -0.2) is 18.4 Å². The number of carbonyl (C=O) groups excluding carboxylic acids is 2. The van der Waals surface area contributed by atoms with Crippen molar-refractivity contribution in [1.29, 1.82) is 0 Å². The van der Waals surface area contributed by atoms with Crippen molar-refractivity contribution in [3.63, 3.8) is 0 Å². The number of carbonyl (C=O) groups is 2. The third-order valence-corrected chi connectivity index (χ3v) is 3.47. The molecule has 0 aliphatic heterocycles. The van der Waals surface area contributed by atoms with Gasteiger partial charge in [0.15, 0.2) is 6.61 Å². The summed E-state index contributed by atoms with van der Waals surface area (Å²) in [6.45, 7) is -0.388. The fraction of sp³-hybridized carbons (Fsp3) is 0.111. The number of para-hydroxylation sites is 1. The summed E-state index contributed by atoms with van der Waals surface area (Å²) in [4.78, 5) is 23.3. The van der Waals surface area contributed by atoms with Gasteiger partial charge in [0.1, 0.15) is 5.75 Å². The molecular weight excluding hydrogens is 385 g/mol. The Morgan fingerprint density at radius 2 is 1.81 bits per heavy atom. The number of hydrogen-bond acceptors (Lipinski definition) is 3. The van der Waals surface area contributed by atoms with E-state index in [1.54, 1.807) is 24.3 Å². The van der Waals surface area contributed by atoms with Gasteiger partial charge in [0.2, 0.25) is 0 Å². The van der Waals surface area contributed by atoms with Crippen LogP contribution in [0.3, 0.4) is 0 Å². The van der Waals surface area contributed by atoms with E-state index in [1.807, 2.05) is 0 Å². The van der Waals surface area contributed by atoms with Gasteiger partial charge in [0.05, 0.1) is 10.6 Å². The van der Waals surface area contributed by atoms with Gasteiger partial charge >= 0.3 is 6.18 Å². The van der Waals surface area contributed by atoms with Gasteiger partial charge in [0, 0.05) is 6.08 Å². The minimum Gasteiger partial charge on any atom is -0.482 e. The predicted molar refractivity (Wildman–Crippen MR) is 93.7 cm³/mol. The summed E-state index contributed by atoms with van der Waals surface area (Å²) >= 11 is 5.87. The maximum Gasteiger partial charge on any atom is 0.416 e. The zero-order chi connectivity index (χ0) is 19.9. The lowest BCUT2D eigenvalue weighted by Gasteiger charge is -2.08. The van der Waals surface area contributed by atoms with Gasteiger partial charge in [0.25, 0.3) is 11.8 Å². The number of hydrazine groups is 1. The monoisotopic (exact) mass is 398 g/mol. The molecule has 2 rings (SSSR count). The third-order valence-electron chi connectivity index (χ3n) is 3.16. The Morgan fingerprint density at radius 1 is 1.07 bits per heavy atom. The molecule has 9 heteroatoms. The van der Waals surface area contributed by atoms with Crippen LogP contribution in [0.1, 0.15) is 11.1 Å². The van der Waals surface area contributed by atoms with Crippen molar-refractivity contribution in [2.75, 3.05) is 6.61 Å². The lowest BCUT2D eigenvalue weighted by molar-refractivity contribution is -0.137. The van der Waals surface area contributed by atoms with E-state index < -0.39 is 23.6 Å². The summed E-state index contributed by atoms with van der Waals surface area (Å²) in [6, 6.07) is 11.0. The van der Waals surface area contributed by atoms with E-state index in [9.17, 15) is 22.8 Å². The van der Waals surface area contributed by atoms with Gasteiger partial charge in [-0.1, -0.05) is 35.9 Å². The Balaban J connectivity index is 1.81. The van der Waals surface area contributed by atoms with Crippen molar-refractivity contribution in [3.05, 3.63) is 70.8 Å². The number of alkyl halides is 3. The summed E-state index contributed by atoms with van der Waals surface area (Å²) < 4.78 is 43.1. The van der Waals surface area contributed by atoms with E-state index in [2.05, 4.69) is 10.9 Å². The van der Waals surface area contributed by atoms with Gasteiger partial charge in [-0.15, -0.1) is 0 Å². The van der Waals surface area contributed by atoms with Gasteiger partial charge < -0.3 is 4.74 Å². The average Bonchev–Trinajstić information content (AvgIpc) is 2.63. The van der Waals surface area contributed by atoms with Crippen molar-refractivity contribution in [3.8, 4) is 5.75 Å². The smallest absolute Gasteiger partial charge is 0.416 e. The van der Waals surface area contributed by atoms with Crippen LogP contribution in [0.15, 0.2) is 54.6 Å². The van der Waals surface area contributed by atoms with Gasteiger partial charge in [-0.2, -0.15) is 13.2 Å². The van der Waals surface area contributed by atoms with E-state index >= 15 is 0 Å².